The van der Waals surface area contributed by atoms with E-state index in [-0.39, 0.29) is 12.0 Å². The molecule has 162 valence electrons. The van der Waals surface area contributed by atoms with Crippen molar-refractivity contribution in [2.24, 2.45) is 17.3 Å². The maximum absolute atomic E-state index is 9.81. The molecule has 1 N–H and O–H groups in total. The molecular weight excluding hydrogens is 372 g/mol. The third kappa shape index (κ3) is 4.47. The van der Waals surface area contributed by atoms with Crippen LogP contribution in [0.15, 0.2) is 24.4 Å². The van der Waals surface area contributed by atoms with Crippen LogP contribution < -0.4 is 0 Å². The second kappa shape index (κ2) is 8.08. The molecule has 5 heteroatoms. The smallest absolute Gasteiger partial charge is 0.113 e. The molecule has 1 aliphatic heterocycles. The van der Waals surface area contributed by atoms with Gasteiger partial charge in [0.1, 0.15) is 5.69 Å². The van der Waals surface area contributed by atoms with Gasteiger partial charge in [0, 0.05) is 31.8 Å². The van der Waals surface area contributed by atoms with Crippen LogP contribution in [0.1, 0.15) is 69.4 Å². The van der Waals surface area contributed by atoms with Crippen LogP contribution in [0.5, 0.6) is 0 Å². The molecule has 1 saturated heterocycles. The SMILES string of the molecule is CC(C)(CO)[C@H]1CCCN(Cc2ccc(-c3cn(CC4CC4)nn3)cc2C2CC2)C1. The Morgan fingerprint density at radius 3 is 2.70 bits per heavy atom. The second-order valence-electron chi connectivity index (χ2n) is 10.7. The molecule has 0 unspecified atom stereocenters. The number of aliphatic hydroxyl groups is 1. The van der Waals surface area contributed by atoms with E-state index in [1.807, 2.05) is 4.68 Å². The molecule has 1 aromatic heterocycles. The highest BCUT2D eigenvalue weighted by Gasteiger charge is 2.33. The first-order valence-electron chi connectivity index (χ1n) is 11.9. The van der Waals surface area contributed by atoms with E-state index in [1.54, 1.807) is 0 Å². The number of rotatable bonds is 8. The molecule has 0 radical (unpaired) electrons. The number of aliphatic hydroxyl groups excluding tert-OH is 1. The first kappa shape index (κ1) is 20.2. The third-order valence-electron chi connectivity index (χ3n) is 7.55. The normalized spacial score (nSPS) is 23.1. The van der Waals surface area contributed by atoms with E-state index >= 15 is 0 Å². The second-order valence-corrected chi connectivity index (χ2v) is 10.7. The molecule has 2 aromatic rings. The van der Waals surface area contributed by atoms with Gasteiger partial charge in [0.2, 0.25) is 0 Å². The average Bonchev–Trinajstić information content (AvgIpc) is 3.68. The Bertz CT molecular complexity index is 881. The van der Waals surface area contributed by atoms with Crippen molar-refractivity contribution in [2.75, 3.05) is 19.7 Å². The molecular formula is C25H36N4O. The molecule has 2 saturated carbocycles. The van der Waals surface area contributed by atoms with Crippen molar-refractivity contribution in [3.05, 3.63) is 35.5 Å². The van der Waals surface area contributed by atoms with Gasteiger partial charge in [0.15, 0.2) is 0 Å². The Morgan fingerprint density at radius 1 is 1.13 bits per heavy atom. The number of hydrogen-bond donors (Lipinski definition) is 1. The zero-order valence-corrected chi connectivity index (χ0v) is 18.6. The summed E-state index contributed by atoms with van der Waals surface area (Å²) in [5.41, 5.74) is 5.23. The Hall–Kier alpha value is -1.72. The number of nitrogens with zero attached hydrogens (tertiary/aromatic N) is 4. The highest BCUT2D eigenvalue weighted by molar-refractivity contribution is 5.60. The quantitative estimate of drug-likeness (QED) is 0.700. The molecule has 2 heterocycles. The maximum atomic E-state index is 9.81. The van der Waals surface area contributed by atoms with Crippen molar-refractivity contribution < 1.29 is 5.11 Å². The highest BCUT2D eigenvalue weighted by atomic mass is 16.3. The topological polar surface area (TPSA) is 54.2 Å². The highest BCUT2D eigenvalue weighted by Crippen LogP contribution is 2.43. The van der Waals surface area contributed by atoms with E-state index in [0.717, 1.165) is 37.2 Å². The number of benzene rings is 1. The van der Waals surface area contributed by atoms with Crippen molar-refractivity contribution >= 4 is 0 Å². The molecule has 0 spiro atoms. The summed E-state index contributed by atoms with van der Waals surface area (Å²) in [5, 5.41) is 18.6. The fraction of sp³-hybridized carbons (Fsp3) is 0.680. The zero-order chi connectivity index (χ0) is 20.7. The monoisotopic (exact) mass is 408 g/mol. The van der Waals surface area contributed by atoms with Gasteiger partial charge in [-0.15, -0.1) is 5.10 Å². The van der Waals surface area contributed by atoms with Gasteiger partial charge >= 0.3 is 0 Å². The molecule has 3 aliphatic rings. The maximum Gasteiger partial charge on any atom is 0.113 e. The lowest BCUT2D eigenvalue weighted by Gasteiger charge is -2.41. The van der Waals surface area contributed by atoms with Crippen LogP contribution in [0, 0.1) is 17.3 Å². The van der Waals surface area contributed by atoms with Gasteiger partial charge < -0.3 is 5.11 Å². The van der Waals surface area contributed by atoms with Crippen LogP contribution in [-0.4, -0.2) is 44.7 Å². The lowest BCUT2D eigenvalue weighted by atomic mass is 9.75. The standard InChI is InChI=1S/C25H36N4O/c1-25(2,17-30)22-4-3-11-28(15-22)14-21-10-9-20(12-23(21)19-7-8-19)24-16-29(27-26-24)13-18-5-6-18/h9-10,12,16,18-19,22,30H,3-8,11,13-15,17H2,1-2H3/t22-/m0/s1. The summed E-state index contributed by atoms with van der Waals surface area (Å²) in [4.78, 5) is 2.61. The minimum Gasteiger partial charge on any atom is -0.396 e. The third-order valence-corrected chi connectivity index (χ3v) is 7.55. The predicted molar refractivity (Wildman–Crippen MR) is 119 cm³/mol. The first-order valence-corrected chi connectivity index (χ1v) is 11.9. The first-order chi connectivity index (χ1) is 14.5. The molecule has 5 rings (SSSR count). The van der Waals surface area contributed by atoms with E-state index in [4.69, 9.17) is 0 Å². The van der Waals surface area contributed by atoms with Gasteiger partial charge in [-0.1, -0.05) is 31.2 Å². The molecule has 2 aliphatic carbocycles. The Labute approximate surface area is 180 Å². The molecule has 1 atom stereocenters. The van der Waals surface area contributed by atoms with Crippen molar-refractivity contribution in [3.63, 3.8) is 0 Å². The van der Waals surface area contributed by atoms with E-state index in [2.05, 4.69) is 53.5 Å². The van der Waals surface area contributed by atoms with Crippen LogP contribution in [0.4, 0.5) is 0 Å². The Kier molecular flexibility index (Phi) is 5.44. The molecule has 1 aromatic carbocycles. The zero-order valence-electron chi connectivity index (χ0n) is 18.6. The van der Waals surface area contributed by atoms with Crippen LogP contribution >= 0.6 is 0 Å². The van der Waals surface area contributed by atoms with Gasteiger partial charge in [0.25, 0.3) is 0 Å². The summed E-state index contributed by atoms with van der Waals surface area (Å²) in [7, 11) is 0. The summed E-state index contributed by atoms with van der Waals surface area (Å²) >= 11 is 0. The molecule has 0 amide bonds. The Morgan fingerprint density at radius 2 is 1.97 bits per heavy atom. The van der Waals surface area contributed by atoms with E-state index < -0.39 is 0 Å². The summed E-state index contributed by atoms with van der Waals surface area (Å²) in [6, 6.07) is 6.97. The minimum absolute atomic E-state index is 0.00808. The predicted octanol–water partition coefficient (Wildman–Crippen LogP) is 4.46. The average molecular weight is 409 g/mol. The fourth-order valence-corrected chi connectivity index (χ4v) is 4.96. The molecule has 30 heavy (non-hydrogen) atoms. The lowest BCUT2D eigenvalue weighted by Crippen LogP contribution is -2.42. The Balaban J connectivity index is 1.32. The number of hydrogen-bond acceptors (Lipinski definition) is 4. The minimum atomic E-state index is 0.00808. The van der Waals surface area contributed by atoms with Crippen molar-refractivity contribution in [1.82, 2.24) is 19.9 Å². The molecule has 0 bridgehead atoms. The lowest BCUT2D eigenvalue weighted by molar-refractivity contribution is 0.0381. The van der Waals surface area contributed by atoms with Crippen molar-refractivity contribution in [1.29, 1.82) is 0 Å². The van der Waals surface area contributed by atoms with E-state index in [0.29, 0.717) is 5.92 Å². The molecule has 5 nitrogen and oxygen atoms in total. The van der Waals surface area contributed by atoms with Crippen molar-refractivity contribution in [2.45, 2.75) is 71.4 Å². The van der Waals surface area contributed by atoms with Crippen LogP contribution in [0.3, 0.4) is 0 Å². The van der Waals surface area contributed by atoms with Crippen LogP contribution in [0.25, 0.3) is 11.3 Å². The van der Waals surface area contributed by atoms with Gasteiger partial charge in [-0.3, -0.25) is 9.58 Å². The number of piperidine rings is 1. The van der Waals surface area contributed by atoms with Crippen molar-refractivity contribution in [3.8, 4) is 11.3 Å². The summed E-state index contributed by atoms with van der Waals surface area (Å²) < 4.78 is 2.02. The summed E-state index contributed by atoms with van der Waals surface area (Å²) in [6.07, 6.45) is 9.88. The largest absolute Gasteiger partial charge is 0.396 e. The van der Waals surface area contributed by atoms with E-state index in [9.17, 15) is 5.11 Å². The van der Waals surface area contributed by atoms with Gasteiger partial charge in [-0.05, 0) is 85.4 Å². The summed E-state index contributed by atoms with van der Waals surface area (Å²) in [5.74, 6) is 2.10. The molecule has 3 fully saturated rings. The van der Waals surface area contributed by atoms with Crippen LogP contribution in [-0.2, 0) is 13.1 Å². The van der Waals surface area contributed by atoms with Gasteiger partial charge in [-0.2, -0.15) is 0 Å². The van der Waals surface area contributed by atoms with Crippen LogP contribution in [0.2, 0.25) is 0 Å². The number of likely N-dealkylation sites (tertiary alicyclic amines) is 1. The van der Waals surface area contributed by atoms with Gasteiger partial charge in [-0.25, -0.2) is 0 Å². The number of aromatic nitrogens is 3. The summed E-state index contributed by atoms with van der Waals surface area (Å²) in [6.45, 7) is 8.99. The van der Waals surface area contributed by atoms with Gasteiger partial charge in [0.05, 0.1) is 6.20 Å². The van der Waals surface area contributed by atoms with E-state index in [1.165, 1.54) is 61.8 Å². The fourth-order valence-electron chi connectivity index (χ4n) is 4.96.